The van der Waals surface area contributed by atoms with Crippen LogP contribution in [-0.2, 0) is 4.79 Å². The Morgan fingerprint density at radius 3 is 2.36 bits per heavy atom. The lowest BCUT2D eigenvalue weighted by molar-refractivity contribution is -0.115. The minimum atomic E-state index is -0.378. The second-order valence-electron chi connectivity index (χ2n) is 8.28. The number of hydrogen-bond acceptors (Lipinski definition) is 10. The molecule has 172 valence electrons. The molecule has 0 saturated carbocycles. The molecular formula is C22H26N8O2S. The van der Waals surface area contributed by atoms with Crippen molar-refractivity contribution in [2.45, 2.75) is 0 Å². The summed E-state index contributed by atoms with van der Waals surface area (Å²) < 4.78 is 0. The van der Waals surface area contributed by atoms with Gasteiger partial charge in [0, 0.05) is 64.6 Å². The summed E-state index contributed by atoms with van der Waals surface area (Å²) >= 11 is 0.904. The predicted molar refractivity (Wildman–Crippen MR) is 130 cm³/mol. The van der Waals surface area contributed by atoms with Gasteiger partial charge in [-0.2, -0.15) is 4.98 Å². The Morgan fingerprint density at radius 2 is 1.70 bits per heavy atom. The van der Waals surface area contributed by atoms with Crippen molar-refractivity contribution in [3.63, 3.8) is 0 Å². The van der Waals surface area contributed by atoms with Crippen molar-refractivity contribution < 1.29 is 9.59 Å². The third-order valence-electron chi connectivity index (χ3n) is 6.04. The molecule has 3 saturated heterocycles. The molecule has 5 heterocycles. The van der Waals surface area contributed by atoms with E-state index in [-0.39, 0.29) is 11.1 Å². The Balaban J connectivity index is 1.40. The van der Waals surface area contributed by atoms with Gasteiger partial charge in [-0.05, 0) is 37.0 Å². The number of likely N-dealkylation sites (N-methyl/N-ethyl adjacent to an activating group) is 1. The topological polar surface area (TPSA) is 97.8 Å². The molecule has 1 N–H and O–H groups in total. The highest BCUT2D eigenvalue weighted by Crippen LogP contribution is 2.28. The van der Waals surface area contributed by atoms with Gasteiger partial charge in [0.15, 0.2) is 0 Å². The number of carbonyl (C=O) groups is 2. The fraction of sp³-hybridized carbons (Fsp3) is 0.409. The molecule has 5 rings (SSSR count). The number of anilines is 3. The van der Waals surface area contributed by atoms with Gasteiger partial charge in [-0.25, -0.2) is 4.98 Å². The van der Waals surface area contributed by atoms with Gasteiger partial charge in [-0.1, -0.05) is 0 Å². The predicted octanol–water partition coefficient (Wildman–Crippen LogP) is 1.27. The number of pyridine rings is 1. The van der Waals surface area contributed by atoms with E-state index in [1.807, 2.05) is 18.3 Å². The summed E-state index contributed by atoms with van der Waals surface area (Å²) in [6.45, 7) is 6.94. The first kappa shape index (κ1) is 21.7. The number of amides is 2. The molecule has 11 heteroatoms. The average Bonchev–Trinajstić information content (AvgIpc) is 3.16. The van der Waals surface area contributed by atoms with Gasteiger partial charge in [0.05, 0.1) is 22.5 Å². The van der Waals surface area contributed by atoms with Crippen molar-refractivity contribution in [3.8, 4) is 0 Å². The number of rotatable bonds is 4. The molecule has 0 bridgehead atoms. The summed E-state index contributed by atoms with van der Waals surface area (Å²) in [5, 5.41) is 1.95. The first-order valence-electron chi connectivity index (χ1n) is 11.0. The summed E-state index contributed by atoms with van der Waals surface area (Å²) in [5.41, 5.74) is 1.75. The molecule has 33 heavy (non-hydrogen) atoms. The van der Waals surface area contributed by atoms with Crippen LogP contribution in [0, 0.1) is 0 Å². The molecule has 3 aliphatic heterocycles. The average molecular weight is 467 g/mol. The number of imide groups is 1. The summed E-state index contributed by atoms with van der Waals surface area (Å²) in [5.74, 6) is 1.12. The molecule has 0 aliphatic carbocycles. The van der Waals surface area contributed by atoms with Crippen LogP contribution in [0.5, 0.6) is 0 Å². The van der Waals surface area contributed by atoms with Crippen LogP contribution in [0.1, 0.15) is 5.69 Å². The molecule has 0 aromatic carbocycles. The highest BCUT2D eigenvalue weighted by molar-refractivity contribution is 8.18. The third kappa shape index (κ3) is 4.93. The first-order valence-corrected chi connectivity index (χ1v) is 11.8. The number of hydrogen-bond donors (Lipinski definition) is 1. The molecule has 3 fully saturated rings. The van der Waals surface area contributed by atoms with Gasteiger partial charge in [0.2, 0.25) is 5.95 Å². The molecule has 3 aliphatic rings. The minimum absolute atomic E-state index is 0.355. The van der Waals surface area contributed by atoms with Crippen LogP contribution in [0.25, 0.3) is 6.08 Å². The van der Waals surface area contributed by atoms with Crippen LogP contribution in [0.2, 0.25) is 0 Å². The van der Waals surface area contributed by atoms with E-state index in [1.165, 1.54) is 0 Å². The highest BCUT2D eigenvalue weighted by Gasteiger charge is 2.27. The van der Waals surface area contributed by atoms with E-state index in [0.717, 1.165) is 75.6 Å². The summed E-state index contributed by atoms with van der Waals surface area (Å²) in [4.78, 5) is 46.9. The van der Waals surface area contributed by atoms with Crippen LogP contribution in [0.3, 0.4) is 0 Å². The Kier molecular flexibility index (Phi) is 6.14. The van der Waals surface area contributed by atoms with Crippen molar-refractivity contribution in [1.29, 1.82) is 0 Å². The normalized spacial score (nSPS) is 21.1. The molecule has 0 spiro atoms. The van der Waals surface area contributed by atoms with Crippen LogP contribution in [0.4, 0.5) is 22.2 Å². The van der Waals surface area contributed by atoms with Gasteiger partial charge in [-0.3, -0.25) is 19.9 Å². The maximum Gasteiger partial charge on any atom is 0.290 e. The molecule has 0 atom stereocenters. The Labute approximate surface area is 196 Å². The quantitative estimate of drug-likeness (QED) is 0.664. The number of nitrogens with zero attached hydrogens (tertiary/aromatic N) is 7. The van der Waals surface area contributed by atoms with E-state index in [1.54, 1.807) is 12.3 Å². The zero-order valence-corrected chi connectivity index (χ0v) is 19.3. The molecule has 2 aromatic heterocycles. The lowest BCUT2D eigenvalue weighted by Crippen LogP contribution is -2.47. The number of thioether (sulfide) groups is 1. The summed E-state index contributed by atoms with van der Waals surface area (Å²) in [7, 11) is 2.12. The smallest absolute Gasteiger partial charge is 0.290 e. The monoisotopic (exact) mass is 466 g/mol. The second-order valence-corrected chi connectivity index (χ2v) is 9.29. The van der Waals surface area contributed by atoms with Crippen molar-refractivity contribution >= 4 is 46.4 Å². The van der Waals surface area contributed by atoms with Gasteiger partial charge in [-0.15, -0.1) is 0 Å². The van der Waals surface area contributed by atoms with E-state index in [4.69, 9.17) is 9.97 Å². The van der Waals surface area contributed by atoms with Crippen LogP contribution < -0.4 is 20.0 Å². The van der Waals surface area contributed by atoms with Crippen LogP contribution >= 0.6 is 11.8 Å². The maximum atomic E-state index is 12.1. The summed E-state index contributed by atoms with van der Waals surface area (Å²) in [6, 6.07) is 5.93. The lowest BCUT2D eigenvalue weighted by atomic mass is 10.2. The number of piperazine rings is 2. The maximum absolute atomic E-state index is 12.1. The number of nitrogens with one attached hydrogen (secondary N) is 1. The third-order valence-corrected chi connectivity index (χ3v) is 6.85. The standard InChI is InChI=1S/C22H26N8O2S/c1-27-5-7-29(8-6-27)19-14-16(13-18-20(31)26-22(32)33-18)24-21(25-19)30-11-9-28(10-12-30)17-3-2-4-23-15-17/h2-4,13-15H,5-12H2,1H3,(H,26,31,32)/b18-13+. The van der Waals surface area contributed by atoms with Crippen molar-refractivity contribution in [1.82, 2.24) is 25.2 Å². The van der Waals surface area contributed by atoms with E-state index >= 15 is 0 Å². The van der Waals surface area contributed by atoms with Crippen molar-refractivity contribution in [3.05, 3.63) is 41.2 Å². The number of aromatic nitrogens is 3. The fourth-order valence-corrected chi connectivity index (χ4v) is 4.78. The van der Waals surface area contributed by atoms with Gasteiger partial charge < -0.3 is 19.6 Å². The number of carbonyl (C=O) groups excluding carboxylic acids is 2. The van der Waals surface area contributed by atoms with Crippen LogP contribution in [-0.4, -0.2) is 90.4 Å². The van der Waals surface area contributed by atoms with Gasteiger partial charge >= 0.3 is 0 Å². The Morgan fingerprint density at radius 1 is 0.970 bits per heavy atom. The molecule has 2 amide bonds. The van der Waals surface area contributed by atoms with E-state index in [0.29, 0.717) is 16.5 Å². The largest absolute Gasteiger partial charge is 0.367 e. The SMILES string of the molecule is CN1CCN(c2cc(/C=C3/SC(=O)NC3=O)nc(N3CCN(c4cccnc4)CC3)n2)CC1. The Bertz CT molecular complexity index is 1060. The second kappa shape index (κ2) is 9.36. The van der Waals surface area contributed by atoms with Crippen LogP contribution in [0.15, 0.2) is 35.5 Å². The minimum Gasteiger partial charge on any atom is -0.367 e. The molecule has 0 unspecified atom stereocenters. The van der Waals surface area contributed by atoms with Crippen molar-refractivity contribution in [2.24, 2.45) is 0 Å². The zero-order valence-electron chi connectivity index (χ0n) is 18.5. The summed E-state index contributed by atoms with van der Waals surface area (Å²) in [6.07, 6.45) is 5.35. The van der Waals surface area contributed by atoms with Crippen molar-refractivity contribution in [2.75, 3.05) is 74.1 Å². The highest BCUT2D eigenvalue weighted by atomic mass is 32.2. The van der Waals surface area contributed by atoms with Gasteiger partial charge in [0.25, 0.3) is 11.1 Å². The fourth-order valence-electron chi connectivity index (χ4n) is 4.11. The molecule has 2 aromatic rings. The van der Waals surface area contributed by atoms with E-state index in [9.17, 15) is 9.59 Å². The van der Waals surface area contributed by atoms with E-state index in [2.05, 4.69) is 43.0 Å². The first-order chi connectivity index (χ1) is 16.0. The molecule has 0 radical (unpaired) electrons. The Hall–Kier alpha value is -3.18. The molecule has 10 nitrogen and oxygen atoms in total. The zero-order chi connectivity index (χ0) is 22.8. The lowest BCUT2D eigenvalue weighted by Gasteiger charge is -2.37. The van der Waals surface area contributed by atoms with Gasteiger partial charge in [0.1, 0.15) is 5.82 Å². The molecular weight excluding hydrogens is 440 g/mol. The van der Waals surface area contributed by atoms with E-state index < -0.39 is 0 Å².